The summed E-state index contributed by atoms with van der Waals surface area (Å²) in [6.45, 7) is 7.51. The molecule has 11 nitrogen and oxygen atoms in total. The number of hydrogen-bond acceptors (Lipinski definition) is 8. The van der Waals surface area contributed by atoms with E-state index in [1.54, 1.807) is 11.0 Å². The topological polar surface area (TPSA) is 138 Å². The smallest absolute Gasteiger partial charge is 0.410 e. The summed E-state index contributed by atoms with van der Waals surface area (Å²) in [5, 5.41) is 15.1. The number of hydrogen-bond donors (Lipinski definition) is 3. The van der Waals surface area contributed by atoms with Crippen LogP contribution in [0, 0.1) is 0 Å². The molecule has 1 unspecified atom stereocenters. The van der Waals surface area contributed by atoms with Gasteiger partial charge >= 0.3 is 12.1 Å². The number of imide groups is 1. The summed E-state index contributed by atoms with van der Waals surface area (Å²) in [6.07, 6.45) is 0.211. The van der Waals surface area contributed by atoms with Crippen LogP contribution in [0.3, 0.4) is 0 Å². The van der Waals surface area contributed by atoms with E-state index in [0.717, 1.165) is 0 Å². The lowest BCUT2D eigenvalue weighted by Crippen LogP contribution is -2.50. The van der Waals surface area contributed by atoms with Crippen LogP contribution in [0.15, 0.2) is 12.1 Å². The van der Waals surface area contributed by atoms with Gasteiger partial charge in [0.2, 0.25) is 11.8 Å². The fourth-order valence-electron chi connectivity index (χ4n) is 3.95. The third-order valence-electron chi connectivity index (χ3n) is 5.69. The van der Waals surface area contributed by atoms with Gasteiger partial charge in [-0.2, -0.15) is 0 Å². The molecule has 34 heavy (non-hydrogen) atoms. The van der Waals surface area contributed by atoms with Gasteiger partial charge in [-0.15, -0.1) is 0 Å². The lowest BCUT2D eigenvalue weighted by molar-refractivity contribution is -0.134. The van der Waals surface area contributed by atoms with E-state index < -0.39 is 23.5 Å². The highest BCUT2D eigenvalue weighted by Crippen LogP contribution is 2.33. The fraction of sp³-hybridized carbons (Fsp3) is 0.565. The molecule has 0 saturated carbocycles. The lowest BCUT2D eigenvalue weighted by atomic mass is 10.0. The van der Waals surface area contributed by atoms with Crippen molar-refractivity contribution in [3.63, 3.8) is 0 Å². The monoisotopic (exact) mass is 476 g/mol. The van der Waals surface area contributed by atoms with E-state index in [2.05, 4.69) is 10.6 Å². The van der Waals surface area contributed by atoms with Gasteiger partial charge in [0.05, 0.1) is 24.4 Å². The molecule has 2 fully saturated rings. The van der Waals surface area contributed by atoms with Crippen molar-refractivity contribution in [3.05, 3.63) is 23.3 Å². The summed E-state index contributed by atoms with van der Waals surface area (Å²) in [4.78, 5) is 51.4. The van der Waals surface area contributed by atoms with Crippen LogP contribution < -0.4 is 20.3 Å². The summed E-state index contributed by atoms with van der Waals surface area (Å²) in [5.74, 6) is -1.43. The molecule has 3 rings (SSSR count). The van der Waals surface area contributed by atoms with Gasteiger partial charge in [0, 0.05) is 39.1 Å². The maximum atomic E-state index is 12.4. The number of amides is 3. The third-order valence-corrected chi connectivity index (χ3v) is 5.69. The molecule has 0 aromatic heterocycles. The molecule has 2 aliphatic rings. The number of carboxylic acids is 1. The maximum Gasteiger partial charge on any atom is 0.410 e. The van der Waals surface area contributed by atoms with Crippen LogP contribution in [0.2, 0.25) is 0 Å². The highest BCUT2D eigenvalue weighted by molar-refractivity contribution is 6.00. The average molecular weight is 477 g/mol. The number of methoxy groups -OCH3 is 1. The normalized spacial score (nSPS) is 19.0. The zero-order valence-corrected chi connectivity index (χ0v) is 20.0. The number of piperazine rings is 1. The third kappa shape index (κ3) is 6.16. The second-order valence-corrected chi connectivity index (χ2v) is 9.33. The van der Waals surface area contributed by atoms with Crippen LogP contribution >= 0.6 is 0 Å². The number of carbonyl (C=O) groups excluding carboxylic acids is 3. The first-order valence-corrected chi connectivity index (χ1v) is 11.2. The van der Waals surface area contributed by atoms with Crippen LogP contribution in [0.4, 0.5) is 10.5 Å². The summed E-state index contributed by atoms with van der Waals surface area (Å²) in [5.41, 5.74) is 0.681. The summed E-state index contributed by atoms with van der Waals surface area (Å²) in [6, 6.07) is 2.63. The number of nitrogens with zero attached hydrogens (tertiary/aromatic N) is 2. The van der Waals surface area contributed by atoms with Gasteiger partial charge < -0.3 is 29.7 Å². The molecule has 0 spiro atoms. The first-order chi connectivity index (χ1) is 16.0. The second-order valence-electron chi connectivity index (χ2n) is 9.33. The molecule has 2 heterocycles. The number of carboxylic acid groups (broad SMARTS) is 1. The zero-order valence-electron chi connectivity index (χ0n) is 20.0. The summed E-state index contributed by atoms with van der Waals surface area (Å²) in [7, 11) is 1.47. The molecule has 1 atom stereocenters. The highest BCUT2D eigenvalue weighted by Gasteiger charge is 2.29. The Balaban J connectivity index is 1.76. The minimum absolute atomic E-state index is 0.0628. The molecule has 0 radical (unpaired) electrons. The first kappa shape index (κ1) is 25.3. The van der Waals surface area contributed by atoms with Gasteiger partial charge in [0.15, 0.2) is 0 Å². The van der Waals surface area contributed by atoms with Crippen molar-refractivity contribution in [1.29, 1.82) is 0 Å². The van der Waals surface area contributed by atoms with Crippen molar-refractivity contribution in [2.75, 3.05) is 38.2 Å². The van der Waals surface area contributed by atoms with Crippen LogP contribution in [0.5, 0.6) is 5.75 Å². The van der Waals surface area contributed by atoms with Crippen molar-refractivity contribution in [2.24, 2.45) is 0 Å². The number of rotatable bonds is 6. The van der Waals surface area contributed by atoms with E-state index in [1.165, 1.54) is 13.2 Å². The van der Waals surface area contributed by atoms with E-state index in [4.69, 9.17) is 9.47 Å². The summed E-state index contributed by atoms with van der Waals surface area (Å²) < 4.78 is 10.9. The quantitative estimate of drug-likeness (QED) is 0.519. The summed E-state index contributed by atoms with van der Waals surface area (Å²) >= 11 is 0. The van der Waals surface area contributed by atoms with Gasteiger partial charge in [-0.1, -0.05) is 0 Å². The number of piperidine rings is 1. The Morgan fingerprint density at radius 1 is 1.18 bits per heavy atom. The molecule has 1 aromatic carbocycles. The van der Waals surface area contributed by atoms with Gasteiger partial charge in [-0.05, 0) is 44.9 Å². The minimum Gasteiger partial charge on any atom is -0.495 e. The number of benzene rings is 1. The first-order valence-electron chi connectivity index (χ1n) is 11.2. The van der Waals surface area contributed by atoms with Crippen LogP contribution in [0.25, 0.3) is 0 Å². The van der Waals surface area contributed by atoms with Crippen molar-refractivity contribution in [1.82, 2.24) is 15.5 Å². The molecular formula is C23H32N4O7. The average Bonchev–Trinajstić information content (AvgIpc) is 2.76. The van der Waals surface area contributed by atoms with Crippen molar-refractivity contribution < 1.29 is 33.8 Å². The predicted octanol–water partition coefficient (Wildman–Crippen LogP) is 1.35. The van der Waals surface area contributed by atoms with Crippen LogP contribution in [0.1, 0.15) is 49.5 Å². The van der Waals surface area contributed by atoms with E-state index in [9.17, 15) is 24.3 Å². The maximum absolute atomic E-state index is 12.4. The molecule has 1 aromatic rings. The molecule has 3 N–H and O–H groups in total. The molecule has 2 aliphatic heterocycles. The number of carbonyl (C=O) groups is 4. The molecule has 3 amide bonds. The molecule has 2 saturated heterocycles. The van der Waals surface area contributed by atoms with Gasteiger partial charge in [-0.3, -0.25) is 14.9 Å². The molecule has 0 aliphatic carbocycles. The highest BCUT2D eigenvalue weighted by atomic mass is 16.6. The number of nitrogens with one attached hydrogen (secondary N) is 2. The lowest BCUT2D eigenvalue weighted by Gasteiger charge is -2.37. The Kier molecular flexibility index (Phi) is 7.65. The van der Waals surface area contributed by atoms with Crippen molar-refractivity contribution >= 4 is 29.6 Å². The Morgan fingerprint density at radius 2 is 1.85 bits per heavy atom. The standard InChI is InChI=1S/C23H32N4O7/c1-23(2,3)34-22(32)27-9-7-26(8-10-27)17-11-14(15(21(30)31)12-18(17)33-4)13-24-16-5-6-19(28)25-20(16)29/h11-12,16,24H,5-10,13H2,1-4H3,(H,30,31)(H,25,28,29). The number of anilines is 1. The molecule has 11 heteroatoms. The Morgan fingerprint density at radius 3 is 2.41 bits per heavy atom. The van der Waals surface area contributed by atoms with E-state index in [1.807, 2.05) is 25.7 Å². The van der Waals surface area contributed by atoms with E-state index >= 15 is 0 Å². The van der Waals surface area contributed by atoms with Gasteiger partial charge in [-0.25, -0.2) is 9.59 Å². The van der Waals surface area contributed by atoms with Crippen LogP contribution in [-0.4, -0.2) is 78.8 Å². The Bertz CT molecular complexity index is 965. The second kappa shape index (κ2) is 10.3. The number of aromatic carboxylic acids is 1. The minimum atomic E-state index is -1.11. The van der Waals surface area contributed by atoms with Crippen LogP contribution in [-0.2, 0) is 20.9 Å². The van der Waals surface area contributed by atoms with Crippen molar-refractivity contribution in [3.8, 4) is 5.75 Å². The van der Waals surface area contributed by atoms with E-state index in [0.29, 0.717) is 49.6 Å². The van der Waals surface area contributed by atoms with Gasteiger partial charge in [0.25, 0.3) is 0 Å². The SMILES string of the molecule is COc1cc(C(=O)O)c(CNC2CCC(=O)NC2=O)cc1N1CCN(C(=O)OC(C)(C)C)CC1. The van der Waals surface area contributed by atoms with Gasteiger partial charge in [0.1, 0.15) is 11.4 Å². The molecule has 0 bridgehead atoms. The largest absolute Gasteiger partial charge is 0.495 e. The fourth-order valence-corrected chi connectivity index (χ4v) is 3.95. The van der Waals surface area contributed by atoms with Crippen molar-refractivity contribution in [2.45, 2.75) is 51.8 Å². The molecule has 186 valence electrons. The predicted molar refractivity (Wildman–Crippen MR) is 123 cm³/mol. The zero-order chi connectivity index (χ0) is 25.0. The van der Waals surface area contributed by atoms with E-state index in [-0.39, 0.29) is 30.5 Å². The Labute approximate surface area is 198 Å². The number of ether oxygens (including phenoxy) is 2. The Hall–Kier alpha value is -3.34. The molecular weight excluding hydrogens is 444 g/mol.